The van der Waals surface area contributed by atoms with Crippen LogP contribution in [0.1, 0.15) is 39.2 Å². The van der Waals surface area contributed by atoms with Crippen molar-refractivity contribution in [1.82, 2.24) is 4.98 Å². The standard InChI is InChI=1S/C16H22N2O2/c1-10(14(17)15(19)20-16(2,3)4)12-9-18-13-8-6-5-7-11(12)13/h5-10,14,18H,17H2,1-4H3/t10-,14+/m0/s1. The molecule has 0 saturated carbocycles. The molecule has 0 radical (unpaired) electrons. The lowest BCUT2D eigenvalue weighted by Crippen LogP contribution is -2.40. The summed E-state index contributed by atoms with van der Waals surface area (Å²) in [6.07, 6.45) is 1.92. The fourth-order valence-corrected chi connectivity index (χ4v) is 2.24. The number of fused-ring (bicyclic) bond motifs is 1. The minimum Gasteiger partial charge on any atom is -0.459 e. The number of H-pyrrole nitrogens is 1. The quantitative estimate of drug-likeness (QED) is 0.846. The highest BCUT2D eigenvalue weighted by molar-refractivity contribution is 5.85. The molecule has 3 N–H and O–H groups in total. The Bertz CT molecular complexity index is 610. The van der Waals surface area contributed by atoms with E-state index in [4.69, 9.17) is 10.5 Å². The van der Waals surface area contributed by atoms with Gasteiger partial charge in [0.1, 0.15) is 11.6 Å². The van der Waals surface area contributed by atoms with Crippen molar-refractivity contribution in [3.8, 4) is 0 Å². The molecule has 0 aliphatic rings. The monoisotopic (exact) mass is 274 g/mol. The van der Waals surface area contributed by atoms with Gasteiger partial charge in [0, 0.05) is 23.0 Å². The Kier molecular flexibility index (Phi) is 3.86. The van der Waals surface area contributed by atoms with E-state index in [-0.39, 0.29) is 11.9 Å². The topological polar surface area (TPSA) is 68.1 Å². The number of para-hydroxylation sites is 1. The molecule has 20 heavy (non-hydrogen) atoms. The number of nitrogens with two attached hydrogens (primary N) is 1. The summed E-state index contributed by atoms with van der Waals surface area (Å²) in [5.41, 5.74) is 7.63. The average Bonchev–Trinajstić information content (AvgIpc) is 2.78. The molecular weight excluding hydrogens is 252 g/mol. The van der Waals surface area contributed by atoms with Crippen LogP contribution < -0.4 is 5.73 Å². The Hall–Kier alpha value is -1.81. The van der Waals surface area contributed by atoms with Gasteiger partial charge in [-0.15, -0.1) is 0 Å². The van der Waals surface area contributed by atoms with Crippen LogP contribution in [0.4, 0.5) is 0 Å². The number of carbonyl (C=O) groups excluding carboxylic acids is 1. The third kappa shape index (κ3) is 3.02. The first kappa shape index (κ1) is 14.6. The predicted molar refractivity (Wildman–Crippen MR) is 80.5 cm³/mol. The van der Waals surface area contributed by atoms with Crippen molar-refractivity contribution < 1.29 is 9.53 Å². The second-order valence-electron chi connectivity index (χ2n) is 6.14. The molecule has 2 rings (SSSR count). The summed E-state index contributed by atoms with van der Waals surface area (Å²) in [6.45, 7) is 7.47. The van der Waals surface area contributed by atoms with Crippen LogP contribution >= 0.6 is 0 Å². The summed E-state index contributed by atoms with van der Waals surface area (Å²) in [5.74, 6) is -0.476. The fraction of sp³-hybridized carbons (Fsp3) is 0.438. The Labute approximate surface area is 119 Å². The number of rotatable bonds is 3. The molecule has 0 saturated heterocycles. The molecule has 0 spiro atoms. The van der Waals surface area contributed by atoms with Gasteiger partial charge in [-0.05, 0) is 32.4 Å². The third-order valence-corrected chi connectivity index (χ3v) is 3.33. The highest BCUT2D eigenvalue weighted by Gasteiger charge is 2.28. The number of benzene rings is 1. The van der Waals surface area contributed by atoms with Crippen LogP contribution in [0.15, 0.2) is 30.5 Å². The maximum absolute atomic E-state index is 12.1. The second-order valence-corrected chi connectivity index (χ2v) is 6.14. The zero-order valence-electron chi connectivity index (χ0n) is 12.4. The highest BCUT2D eigenvalue weighted by atomic mass is 16.6. The molecule has 1 aromatic heterocycles. The summed E-state index contributed by atoms with van der Waals surface area (Å²) in [6, 6.07) is 7.31. The summed E-state index contributed by atoms with van der Waals surface area (Å²) in [4.78, 5) is 15.3. The second kappa shape index (κ2) is 5.29. The number of ether oxygens (including phenoxy) is 1. The molecule has 0 bridgehead atoms. The normalized spacial score (nSPS) is 15.1. The number of hydrogen-bond donors (Lipinski definition) is 2. The molecule has 0 fully saturated rings. The lowest BCUT2D eigenvalue weighted by Gasteiger charge is -2.25. The zero-order valence-corrected chi connectivity index (χ0v) is 12.4. The van der Waals surface area contributed by atoms with Gasteiger partial charge in [-0.3, -0.25) is 4.79 Å². The van der Waals surface area contributed by atoms with Crippen molar-refractivity contribution in [3.63, 3.8) is 0 Å². The Morgan fingerprint density at radius 1 is 1.30 bits per heavy atom. The van der Waals surface area contributed by atoms with Crippen molar-refractivity contribution >= 4 is 16.9 Å². The Balaban J connectivity index is 2.22. The molecule has 0 aliphatic carbocycles. The van der Waals surface area contributed by atoms with Crippen LogP contribution in [0.25, 0.3) is 10.9 Å². The molecule has 1 heterocycles. The highest BCUT2D eigenvalue weighted by Crippen LogP contribution is 2.27. The van der Waals surface area contributed by atoms with E-state index < -0.39 is 11.6 Å². The summed E-state index contributed by atoms with van der Waals surface area (Å²) >= 11 is 0. The predicted octanol–water partition coefficient (Wildman–Crippen LogP) is 2.94. The first-order valence-electron chi connectivity index (χ1n) is 6.84. The fourth-order valence-electron chi connectivity index (χ4n) is 2.24. The number of hydrogen-bond acceptors (Lipinski definition) is 3. The number of carbonyl (C=O) groups is 1. The molecule has 1 aromatic carbocycles. The number of aromatic nitrogens is 1. The van der Waals surface area contributed by atoms with Crippen LogP contribution in [0.3, 0.4) is 0 Å². The van der Waals surface area contributed by atoms with E-state index in [1.54, 1.807) is 0 Å². The minimum absolute atomic E-state index is 0.110. The van der Waals surface area contributed by atoms with Crippen LogP contribution in [0, 0.1) is 0 Å². The molecule has 4 heteroatoms. The van der Waals surface area contributed by atoms with Gasteiger partial charge in [-0.25, -0.2) is 0 Å². The molecule has 2 atom stereocenters. The Morgan fingerprint density at radius 3 is 2.60 bits per heavy atom. The van der Waals surface area contributed by atoms with Gasteiger partial charge in [-0.1, -0.05) is 25.1 Å². The van der Waals surface area contributed by atoms with Crippen LogP contribution in [-0.2, 0) is 9.53 Å². The van der Waals surface area contributed by atoms with E-state index in [2.05, 4.69) is 4.98 Å². The molecule has 4 nitrogen and oxygen atoms in total. The third-order valence-electron chi connectivity index (χ3n) is 3.33. The molecule has 0 unspecified atom stereocenters. The van der Waals surface area contributed by atoms with Crippen LogP contribution in [0.2, 0.25) is 0 Å². The van der Waals surface area contributed by atoms with Crippen LogP contribution in [-0.4, -0.2) is 22.6 Å². The van der Waals surface area contributed by atoms with Gasteiger partial charge in [-0.2, -0.15) is 0 Å². The van der Waals surface area contributed by atoms with Crippen molar-refractivity contribution in [2.24, 2.45) is 5.73 Å². The lowest BCUT2D eigenvalue weighted by molar-refractivity contribution is -0.156. The van der Waals surface area contributed by atoms with Gasteiger partial charge in [0.2, 0.25) is 0 Å². The van der Waals surface area contributed by atoms with Crippen molar-refractivity contribution in [2.45, 2.75) is 45.3 Å². The van der Waals surface area contributed by atoms with E-state index in [9.17, 15) is 4.79 Å². The molecular formula is C16H22N2O2. The van der Waals surface area contributed by atoms with Gasteiger partial charge >= 0.3 is 5.97 Å². The maximum Gasteiger partial charge on any atom is 0.324 e. The SMILES string of the molecule is C[C@@H](c1c[nH]c2ccccc12)[C@@H](N)C(=O)OC(C)(C)C. The number of esters is 1. The Morgan fingerprint density at radius 2 is 1.95 bits per heavy atom. The van der Waals surface area contributed by atoms with E-state index in [1.165, 1.54) is 0 Å². The number of aromatic amines is 1. The van der Waals surface area contributed by atoms with Crippen molar-refractivity contribution in [3.05, 3.63) is 36.0 Å². The first-order valence-corrected chi connectivity index (χ1v) is 6.84. The summed E-state index contributed by atoms with van der Waals surface area (Å²) < 4.78 is 5.36. The maximum atomic E-state index is 12.1. The zero-order chi connectivity index (χ0) is 14.9. The minimum atomic E-state index is -0.673. The average molecular weight is 274 g/mol. The summed E-state index contributed by atoms with van der Waals surface area (Å²) in [7, 11) is 0. The largest absolute Gasteiger partial charge is 0.459 e. The van der Waals surface area contributed by atoms with Gasteiger partial charge in [0.15, 0.2) is 0 Å². The van der Waals surface area contributed by atoms with E-state index in [1.807, 2.05) is 58.2 Å². The van der Waals surface area contributed by atoms with Crippen LogP contribution in [0.5, 0.6) is 0 Å². The van der Waals surface area contributed by atoms with E-state index >= 15 is 0 Å². The van der Waals surface area contributed by atoms with Crippen molar-refractivity contribution in [1.29, 1.82) is 0 Å². The molecule has 0 amide bonds. The van der Waals surface area contributed by atoms with E-state index in [0.29, 0.717) is 0 Å². The smallest absolute Gasteiger partial charge is 0.324 e. The van der Waals surface area contributed by atoms with Gasteiger partial charge in [0.25, 0.3) is 0 Å². The number of nitrogens with one attached hydrogen (secondary N) is 1. The van der Waals surface area contributed by atoms with E-state index in [0.717, 1.165) is 16.5 Å². The summed E-state index contributed by atoms with van der Waals surface area (Å²) in [5, 5.41) is 1.10. The molecule has 108 valence electrons. The first-order chi connectivity index (χ1) is 9.29. The van der Waals surface area contributed by atoms with Crippen molar-refractivity contribution in [2.75, 3.05) is 0 Å². The van der Waals surface area contributed by atoms with Gasteiger partial charge < -0.3 is 15.5 Å². The molecule has 0 aliphatic heterocycles. The lowest BCUT2D eigenvalue weighted by atomic mass is 9.93. The molecule has 2 aromatic rings. The van der Waals surface area contributed by atoms with Gasteiger partial charge in [0.05, 0.1) is 0 Å².